The molecule has 3 heterocycles. The lowest BCUT2D eigenvalue weighted by molar-refractivity contribution is -0.117. The zero-order chi connectivity index (χ0) is 19.5. The summed E-state index contributed by atoms with van der Waals surface area (Å²) in [5.41, 5.74) is 2.89. The number of pyridine rings is 1. The molecule has 2 atom stereocenters. The molecule has 2 unspecified atom stereocenters. The maximum Gasteiger partial charge on any atom is 0.255 e. The van der Waals surface area contributed by atoms with Gasteiger partial charge in [-0.2, -0.15) is 0 Å². The van der Waals surface area contributed by atoms with Gasteiger partial charge in [0.1, 0.15) is 0 Å². The number of piperidine rings is 1. The standard InChI is InChI=1S/C22H26N4O2.2ClH/c1-14-2-3-19(13-20(14)26-22(28)16-6-8-23-9-7-16)25-21(27)12-15-10-17-4-5-18(11-15)24-17;;/h2-3,6-9,13,15,17-18,24H,4-5,10-12H2,1H3,(H,25,27)(H,26,28);2*1H. The van der Waals surface area contributed by atoms with E-state index in [9.17, 15) is 9.59 Å². The summed E-state index contributed by atoms with van der Waals surface area (Å²) in [6.07, 6.45) is 8.39. The topological polar surface area (TPSA) is 83.1 Å². The van der Waals surface area contributed by atoms with E-state index in [-0.39, 0.29) is 36.6 Å². The van der Waals surface area contributed by atoms with Gasteiger partial charge in [-0.1, -0.05) is 6.07 Å². The lowest BCUT2D eigenvalue weighted by Crippen LogP contribution is -2.39. The lowest BCUT2D eigenvalue weighted by atomic mass is 9.89. The molecule has 2 aromatic rings. The van der Waals surface area contributed by atoms with Gasteiger partial charge < -0.3 is 16.0 Å². The fraction of sp³-hybridized carbons (Fsp3) is 0.409. The van der Waals surface area contributed by atoms with Crippen LogP contribution in [0, 0.1) is 12.8 Å². The molecule has 2 bridgehead atoms. The number of carbonyl (C=O) groups is 2. The van der Waals surface area contributed by atoms with E-state index in [2.05, 4.69) is 20.9 Å². The Hall–Kier alpha value is -2.15. The van der Waals surface area contributed by atoms with Gasteiger partial charge in [0.25, 0.3) is 5.91 Å². The number of anilines is 2. The van der Waals surface area contributed by atoms with Crippen molar-refractivity contribution in [3.63, 3.8) is 0 Å². The molecule has 0 spiro atoms. The van der Waals surface area contributed by atoms with Gasteiger partial charge in [0, 0.05) is 47.8 Å². The molecule has 0 radical (unpaired) electrons. The molecule has 3 N–H and O–H groups in total. The minimum absolute atomic E-state index is 0. The van der Waals surface area contributed by atoms with Crippen LogP contribution >= 0.6 is 24.8 Å². The molecule has 4 rings (SSSR count). The van der Waals surface area contributed by atoms with Crippen molar-refractivity contribution in [3.05, 3.63) is 53.9 Å². The maximum absolute atomic E-state index is 12.5. The predicted octanol–water partition coefficient (Wildman–Crippen LogP) is 4.35. The Balaban J connectivity index is 0.00000160. The zero-order valence-electron chi connectivity index (χ0n) is 16.9. The number of aryl methyl sites for hydroxylation is 1. The van der Waals surface area contributed by atoms with Crippen LogP contribution in [0.5, 0.6) is 0 Å². The van der Waals surface area contributed by atoms with E-state index >= 15 is 0 Å². The van der Waals surface area contributed by atoms with Crippen LogP contribution < -0.4 is 16.0 Å². The second-order valence-electron chi connectivity index (χ2n) is 7.95. The highest BCUT2D eigenvalue weighted by Crippen LogP contribution is 2.33. The number of hydrogen-bond donors (Lipinski definition) is 3. The summed E-state index contributed by atoms with van der Waals surface area (Å²) in [5.74, 6) is 0.302. The van der Waals surface area contributed by atoms with Crippen molar-refractivity contribution < 1.29 is 9.59 Å². The van der Waals surface area contributed by atoms with Gasteiger partial charge in [-0.15, -0.1) is 24.8 Å². The third-order valence-electron chi connectivity index (χ3n) is 5.76. The average molecular weight is 451 g/mol. The molecule has 162 valence electrons. The van der Waals surface area contributed by atoms with Gasteiger partial charge >= 0.3 is 0 Å². The highest BCUT2D eigenvalue weighted by atomic mass is 35.5. The van der Waals surface area contributed by atoms with Gasteiger partial charge in [-0.05, 0) is 68.4 Å². The molecule has 2 fully saturated rings. The van der Waals surface area contributed by atoms with Crippen molar-refractivity contribution in [2.75, 3.05) is 10.6 Å². The maximum atomic E-state index is 12.5. The van der Waals surface area contributed by atoms with Crippen LogP contribution in [0.2, 0.25) is 0 Å². The molecule has 30 heavy (non-hydrogen) atoms. The van der Waals surface area contributed by atoms with E-state index < -0.39 is 0 Å². The number of rotatable bonds is 5. The highest BCUT2D eigenvalue weighted by molar-refractivity contribution is 6.05. The molecular formula is C22H28Cl2N4O2. The SMILES string of the molecule is Cc1ccc(NC(=O)CC2CC3CCC(C2)N3)cc1NC(=O)c1ccncc1.Cl.Cl. The minimum Gasteiger partial charge on any atom is -0.326 e. The third kappa shape index (κ3) is 5.94. The Morgan fingerprint density at radius 2 is 1.70 bits per heavy atom. The van der Waals surface area contributed by atoms with Crippen LogP contribution in [-0.4, -0.2) is 28.9 Å². The zero-order valence-corrected chi connectivity index (χ0v) is 18.5. The molecule has 2 amide bonds. The molecule has 0 saturated carbocycles. The summed E-state index contributed by atoms with van der Waals surface area (Å²) in [6, 6.07) is 10.1. The second kappa shape index (κ2) is 10.8. The molecule has 1 aromatic carbocycles. The first-order valence-electron chi connectivity index (χ1n) is 9.95. The average Bonchev–Trinajstić information content (AvgIpc) is 3.03. The molecule has 1 aromatic heterocycles. The van der Waals surface area contributed by atoms with Crippen LogP contribution in [0.4, 0.5) is 11.4 Å². The van der Waals surface area contributed by atoms with Crippen LogP contribution in [0.15, 0.2) is 42.7 Å². The largest absolute Gasteiger partial charge is 0.326 e. The first kappa shape index (κ1) is 24.1. The number of hydrogen-bond acceptors (Lipinski definition) is 4. The summed E-state index contributed by atoms with van der Waals surface area (Å²) in [6.45, 7) is 1.93. The van der Waals surface area contributed by atoms with E-state index in [1.807, 2.05) is 25.1 Å². The van der Waals surface area contributed by atoms with Crippen LogP contribution in [0.1, 0.15) is 48.0 Å². The number of nitrogens with one attached hydrogen (secondary N) is 3. The minimum atomic E-state index is -0.195. The van der Waals surface area contributed by atoms with E-state index in [0.29, 0.717) is 41.4 Å². The van der Waals surface area contributed by atoms with E-state index in [1.165, 1.54) is 12.8 Å². The number of halogens is 2. The second-order valence-corrected chi connectivity index (χ2v) is 7.95. The summed E-state index contributed by atoms with van der Waals surface area (Å²) in [7, 11) is 0. The van der Waals surface area contributed by atoms with Crippen molar-refractivity contribution in [1.82, 2.24) is 10.3 Å². The molecule has 2 aliphatic rings. The number of fused-ring (bicyclic) bond motifs is 2. The quantitative estimate of drug-likeness (QED) is 0.632. The van der Waals surface area contributed by atoms with Gasteiger partial charge in [0.2, 0.25) is 5.91 Å². The number of nitrogens with zero attached hydrogens (tertiary/aromatic N) is 1. The number of amides is 2. The highest BCUT2D eigenvalue weighted by Gasteiger charge is 2.34. The number of aromatic nitrogens is 1. The summed E-state index contributed by atoms with van der Waals surface area (Å²) >= 11 is 0. The van der Waals surface area contributed by atoms with Crippen molar-refractivity contribution in [2.45, 2.75) is 51.1 Å². The molecule has 2 saturated heterocycles. The molecule has 0 aliphatic carbocycles. The fourth-order valence-corrected chi connectivity index (χ4v) is 4.35. The number of carbonyl (C=O) groups excluding carboxylic acids is 2. The summed E-state index contributed by atoms with van der Waals surface area (Å²) < 4.78 is 0. The Bertz CT molecular complexity index is 867. The fourth-order valence-electron chi connectivity index (χ4n) is 4.35. The van der Waals surface area contributed by atoms with Crippen molar-refractivity contribution in [2.24, 2.45) is 5.92 Å². The monoisotopic (exact) mass is 450 g/mol. The number of benzene rings is 1. The first-order chi connectivity index (χ1) is 13.6. The lowest BCUT2D eigenvalue weighted by Gasteiger charge is -2.28. The Labute approximate surface area is 189 Å². The van der Waals surface area contributed by atoms with Crippen LogP contribution in [-0.2, 0) is 4.79 Å². The summed E-state index contributed by atoms with van der Waals surface area (Å²) in [5, 5.41) is 9.53. The van der Waals surface area contributed by atoms with E-state index in [0.717, 1.165) is 18.4 Å². The smallest absolute Gasteiger partial charge is 0.255 e. The Morgan fingerprint density at radius 1 is 1.03 bits per heavy atom. The van der Waals surface area contributed by atoms with Gasteiger partial charge in [-0.3, -0.25) is 14.6 Å². The summed E-state index contributed by atoms with van der Waals surface area (Å²) in [4.78, 5) is 28.9. The van der Waals surface area contributed by atoms with Crippen LogP contribution in [0.25, 0.3) is 0 Å². The van der Waals surface area contributed by atoms with Gasteiger partial charge in [0.15, 0.2) is 0 Å². The third-order valence-corrected chi connectivity index (χ3v) is 5.76. The van der Waals surface area contributed by atoms with Gasteiger partial charge in [0.05, 0.1) is 0 Å². The van der Waals surface area contributed by atoms with E-state index in [1.54, 1.807) is 24.5 Å². The van der Waals surface area contributed by atoms with Crippen molar-refractivity contribution >= 4 is 48.0 Å². The normalized spacial score (nSPS) is 21.7. The van der Waals surface area contributed by atoms with Crippen molar-refractivity contribution in [1.29, 1.82) is 0 Å². The Kier molecular flexibility index (Phi) is 8.65. The Morgan fingerprint density at radius 3 is 2.37 bits per heavy atom. The first-order valence-corrected chi connectivity index (χ1v) is 9.95. The van der Waals surface area contributed by atoms with Gasteiger partial charge in [-0.25, -0.2) is 0 Å². The van der Waals surface area contributed by atoms with Crippen molar-refractivity contribution in [3.8, 4) is 0 Å². The molecule has 6 nitrogen and oxygen atoms in total. The van der Waals surface area contributed by atoms with E-state index in [4.69, 9.17) is 0 Å². The predicted molar refractivity (Wildman–Crippen MR) is 124 cm³/mol. The van der Waals surface area contributed by atoms with Crippen LogP contribution in [0.3, 0.4) is 0 Å². The molecule has 8 heteroatoms. The molecular weight excluding hydrogens is 423 g/mol. The molecule has 2 aliphatic heterocycles.